The molecule has 0 aliphatic heterocycles. The Bertz CT molecular complexity index is 576. The summed E-state index contributed by atoms with van der Waals surface area (Å²) in [6.45, 7) is 2.83. The lowest BCUT2D eigenvalue weighted by Crippen LogP contribution is -2.44. The Hall–Kier alpha value is -1.78. The number of rotatable bonds is 6. The van der Waals surface area contributed by atoms with E-state index < -0.39 is 0 Å². The molecule has 1 aromatic carbocycles. The highest BCUT2D eigenvalue weighted by atomic mass is 16.5. The van der Waals surface area contributed by atoms with Crippen LogP contribution in [0.25, 0.3) is 0 Å². The van der Waals surface area contributed by atoms with Crippen molar-refractivity contribution in [2.75, 3.05) is 0 Å². The molecule has 1 aliphatic carbocycles. The summed E-state index contributed by atoms with van der Waals surface area (Å²) < 4.78 is 6.22. The number of hydrogen-bond acceptors (Lipinski definition) is 4. The van der Waals surface area contributed by atoms with Gasteiger partial charge in [-0.2, -0.15) is 0 Å². The highest BCUT2D eigenvalue weighted by molar-refractivity contribution is 5.13. The Morgan fingerprint density at radius 3 is 2.78 bits per heavy atom. The minimum absolute atomic E-state index is 0.189. The van der Waals surface area contributed by atoms with Gasteiger partial charge in [0.1, 0.15) is 0 Å². The molecule has 1 heterocycles. The number of benzene rings is 1. The van der Waals surface area contributed by atoms with Crippen LogP contribution in [0.1, 0.15) is 49.9 Å². The van der Waals surface area contributed by atoms with Crippen LogP contribution in [-0.2, 0) is 11.3 Å². The molecule has 4 heteroatoms. The Morgan fingerprint density at radius 1 is 1.17 bits per heavy atom. The maximum atomic E-state index is 6.22. The second-order valence-corrected chi connectivity index (χ2v) is 6.24. The van der Waals surface area contributed by atoms with E-state index in [0.29, 0.717) is 12.6 Å². The van der Waals surface area contributed by atoms with Crippen LogP contribution >= 0.6 is 0 Å². The summed E-state index contributed by atoms with van der Waals surface area (Å²) >= 11 is 0. The normalized spacial score (nSPS) is 22.7. The molecule has 1 aliphatic rings. The molecule has 3 atom stereocenters. The minimum Gasteiger partial charge on any atom is -0.372 e. The fourth-order valence-electron chi connectivity index (χ4n) is 3.21. The smallest absolute Gasteiger partial charge is 0.0753 e. The van der Waals surface area contributed by atoms with Crippen molar-refractivity contribution in [2.24, 2.45) is 0 Å². The van der Waals surface area contributed by atoms with E-state index >= 15 is 0 Å². The van der Waals surface area contributed by atoms with E-state index in [1.54, 1.807) is 12.4 Å². The monoisotopic (exact) mass is 311 g/mol. The molecular weight excluding hydrogens is 286 g/mol. The summed E-state index contributed by atoms with van der Waals surface area (Å²) in [6, 6.07) is 11.0. The summed E-state index contributed by atoms with van der Waals surface area (Å²) in [5.74, 6) is 0. The number of hydrogen-bond donors (Lipinski definition) is 1. The van der Waals surface area contributed by atoms with Gasteiger partial charge in [-0.1, -0.05) is 43.2 Å². The lowest BCUT2D eigenvalue weighted by Gasteiger charge is -2.34. The molecule has 1 aromatic heterocycles. The van der Waals surface area contributed by atoms with Crippen LogP contribution in [-0.4, -0.2) is 22.1 Å². The van der Waals surface area contributed by atoms with Gasteiger partial charge in [0.05, 0.1) is 18.4 Å². The van der Waals surface area contributed by atoms with E-state index in [4.69, 9.17) is 4.74 Å². The first-order valence-corrected chi connectivity index (χ1v) is 8.50. The molecule has 0 amide bonds. The Labute approximate surface area is 138 Å². The molecule has 1 saturated carbocycles. The minimum atomic E-state index is 0.189. The van der Waals surface area contributed by atoms with Crippen LogP contribution in [0.2, 0.25) is 0 Å². The summed E-state index contributed by atoms with van der Waals surface area (Å²) in [7, 11) is 0. The van der Waals surface area contributed by atoms with Gasteiger partial charge >= 0.3 is 0 Å². The molecule has 0 saturated heterocycles. The average Bonchev–Trinajstić information content (AvgIpc) is 2.62. The zero-order valence-electron chi connectivity index (χ0n) is 13.7. The molecule has 1 N–H and O–H groups in total. The molecule has 0 unspecified atom stereocenters. The van der Waals surface area contributed by atoms with Crippen LogP contribution in [0, 0.1) is 0 Å². The van der Waals surface area contributed by atoms with Gasteiger partial charge in [-0.05, 0) is 25.3 Å². The van der Waals surface area contributed by atoms with E-state index in [-0.39, 0.29) is 12.1 Å². The van der Waals surface area contributed by atoms with E-state index in [1.807, 2.05) is 12.3 Å². The quantitative estimate of drug-likeness (QED) is 0.884. The van der Waals surface area contributed by atoms with Gasteiger partial charge in [-0.3, -0.25) is 9.97 Å². The number of aromatic nitrogens is 2. The molecule has 23 heavy (non-hydrogen) atoms. The van der Waals surface area contributed by atoms with Gasteiger partial charge in [0.25, 0.3) is 0 Å². The van der Waals surface area contributed by atoms with Gasteiger partial charge in [-0.15, -0.1) is 0 Å². The third kappa shape index (κ3) is 4.60. The summed E-state index contributed by atoms with van der Waals surface area (Å²) in [4.78, 5) is 8.56. The van der Waals surface area contributed by atoms with Crippen molar-refractivity contribution in [3.8, 4) is 0 Å². The van der Waals surface area contributed by atoms with Gasteiger partial charge in [0.2, 0.25) is 0 Å². The largest absolute Gasteiger partial charge is 0.372 e. The van der Waals surface area contributed by atoms with Crippen molar-refractivity contribution in [1.29, 1.82) is 0 Å². The second-order valence-electron chi connectivity index (χ2n) is 6.24. The fraction of sp³-hybridized carbons (Fsp3) is 0.474. The molecule has 0 bridgehead atoms. The maximum Gasteiger partial charge on any atom is 0.0753 e. The molecule has 4 nitrogen and oxygen atoms in total. The van der Waals surface area contributed by atoms with Crippen molar-refractivity contribution in [2.45, 2.75) is 57.4 Å². The molecular formula is C19H25N3O. The average molecular weight is 311 g/mol. The summed E-state index contributed by atoms with van der Waals surface area (Å²) in [5.41, 5.74) is 2.22. The highest BCUT2D eigenvalue weighted by Gasteiger charge is 2.27. The molecule has 0 spiro atoms. The topological polar surface area (TPSA) is 47.0 Å². The second kappa shape index (κ2) is 8.18. The van der Waals surface area contributed by atoms with Gasteiger partial charge in [-0.25, -0.2) is 0 Å². The van der Waals surface area contributed by atoms with E-state index in [9.17, 15) is 0 Å². The van der Waals surface area contributed by atoms with Crippen LogP contribution in [0.3, 0.4) is 0 Å². The first-order valence-electron chi connectivity index (χ1n) is 8.50. The maximum absolute atomic E-state index is 6.22. The standard InChI is InChI=1S/C19H25N3O/c1-15(18-13-20-11-12-21-18)22-17-9-5-6-10-19(17)23-14-16-7-3-2-4-8-16/h2-4,7-8,11-13,15,17,19,22H,5-6,9-10,14H2,1H3/t15-,17+,19-/m0/s1. The molecule has 2 aromatic rings. The number of ether oxygens (including phenoxy) is 1. The number of nitrogens with one attached hydrogen (secondary N) is 1. The SMILES string of the molecule is C[C@H](N[C@@H]1CCCC[C@@H]1OCc1ccccc1)c1cnccn1. The third-order valence-electron chi connectivity index (χ3n) is 4.50. The molecule has 1 fully saturated rings. The fourth-order valence-corrected chi connectivity index (χ4v) is 3.21. The highest BCUT2D eigenvalue weighted by Crippen LogP contribution is 2.24. The van der Waals surface area contributed by atoms with E-state index in [0.717, 1.165) is 18.5 Å². The van der Waals surface area contributed by atoms with Crippen molar-refractivity contribution in [1.82, 2.24) is 15.3 Å². The molecule has 122 valence electrons. The van der Waals surface area contributed by atoms with Gasteiger partial charge in [0, 0.05) is 30.7 Å². The first kappa shape index (κ1) is 16.1. The molecule has 0 radical (unpaired) electrons. The zero-order valence-corrected chi connectivity index (χ0v) is 13.7. The van der Waals surface area contributed by atoms with Crippen molar-refractivity contribution < 1.29 is 4.74 Å². The predicted octanol–water partition coefficient (Wildman–Crippen LogP) is 3.66. The van der Waals surface area contributed by atoms with Crippen molar-refractivity contribution >= 4 is 0 Å². The summed E-state index contributed by atoms with van der Waals surface area (Å²) in [6.07, 6.45) is 10.3. The summed E-state index contributed by atoms with van der Waals surface area (Å²) in [5, 5.41) is 3.69. The van der Waals surface area contributed by atoms with E-state index in [2.05, 4.69) is 46.5 Å². The third-order valence-corrected chi connectivity index (χ3v) is 4.50. The predicted molar refractivity (Wildman–Crippen MR) is 90.9 cm³/mol. The Balaban J connectivity index is 1.58. The van der Waals surface area contributed by atoms with Gasteiger partial charge in [0.15, 0.2) is 0 Å². The first-order chi connectivity index (χ1) is 11.3. The Morgan fingerprint density at radius 2 is 2.00 bits per heavy atom. The van der Waals surface area contributed by atoms with Crippen LogP contribution in [0.4, 0.5) is 0 Å². The van der Waals surface area contributed by atoms with Gasteiger partial charge < -0.3 is 10.1 Å². The molecule has 3 rings (SSSR count). The van der Waals surface area contributed by atoms with Crippen LogP contribution < -0.4 is 5.32 Å². The number of nitrogens with zero attached hydrogens (tertiary/aromatic N) is 2. The van der Waals surface area contributed by atoms with Crippen molar-refractivity contribution in [3.63, 3.8) is 0 Å². The van der Waals surface area contributed by atoms with Crippen LogP contribution in [0.5, 0.6) is 0 Å². The lowest BCUT2D eigenvalue weighted by molar-refractivity contribution is -0.00809. The van der Waals surface area contributed by atoms with Crippen LogP contribution in [0.15, 0.2) is 48.9 Å². The zero-order chi connectivity index (χ0) is 15.9. The lowest BCUT2D eigenvalue weighted by atomic mass is 9.91. The van der Waals surface area contributed by atoms with E-state index in [1.165, 1.54) is 18.4 Å². The Kier molecular flexibility index (Phi) is 5.72. The van der Waals surface area contributed by atoms with Crippen molar-refractivity contribution in [3.05, 3.63) is 60.2 Å².